The zero-order valence-electron chi connectivity index (χ0n) is 21.5. The standard InChI is InChI=1S/C29H24N6O2.C2H4/c1-18-11-13-21(14-12-18)30-29(36)31-26-16-20(22-9-5-6-10-23(22)28-32-34-35-33-28)15-24-25(17-37-27(24)26)19-7-3-2-4-8-19;1-2/h2-16,25H,17H2,1H3,(H2,30,31,36)(H,32,33,34,35);1-2H2. The lowest BCUT2D eigenvalue weighted by Crippen LogP contribution is -2.19. The highest BCUT2D eigenvalue weighted by Gasteiger charge is 2.30. The summed E-state index contributed by atoms with van der Waals surface area (Å²) < 4.78 is 6.17. The molecular weight excluding hydrogens is 488 g/mol. The van der Waals surface area contributed by atoms with Crippen molar-refractivity contribution < 1.29 is 9.53 Å². The molecule has 4 aromatic carbocycles. The van der Waals surface area contributed by atoms with Gasteiger partial charge in [0.15, 0.2) is 0 Å². The van der Waals surface area contributed by atoms with Gasteiger partial charge in [-0.05, 0) is 53.1 Å². The van der Waals surface area contributed by atoms with Crippen LogP contribution in [0.4, 0.5) is 16.2 Å². The Morgan fingerprint density at radius 2 is 1.64 bits per heavy atom. The number of nitrogens with zero attached hydrogens (tertiary/aromatic N) is 3. The second-order valence-electron chi connectivity index (χ2n) is 8.94. The number of ether oxygens (including phenoxy) is 1. The predicted molar refractivity (Wildman–Crippen MR) is 154 cm³/mol. The van der Waals surface area contributed by atoms with Gasteiger partial charge in [-0.15, -0.1) is 23.4 Å². The Bertz CT molecular complexity index is 1570. The molecule has 8 heteroatoms. The van der Waals surface area contributed by atoms with Crippen LogP contribution >= 0.6 is 0 Å². The van der Waals surface area contributed by atoms with E-state index < -0.39 is 0 Å². The molecule has 2 amide bonds. The smallest absolute Gasteiger partial charge is 0.323 e. The third-order valence-electron chi connectivity index (χ3n) is 6.47. The van der Waals surface area contributed by atoms with Crippen LogP contribution in [0.3, 0.4) is 0 Å². The van der Waals surface area contributed by atoms with E-state index in [1.807, 2.05) is 79.7 Å². The van der Waals surface area contributed by atoms with Gasteiger partial charge in [-0.3, -0.25) is 0 Å². The maximum atomic E-state index is 13.0. The minimum absolute atomic E-state index is 0.0363. The molecule has 8 nitrogen and oxygen atoms in total. The molecule has 1 atom stereocenters. The number of aryl methyl sites for hydroxylation is 1. The average molecular weight is 517 g/mol. The van der Waals surface area contributed by atoms with Crippen LogP contribution in [0.25, 0.3) is 22.5 Å². The van der Waals surface area contributed by atoms with E-state index >= 15 is 0 Å². The van der Waals surface area contributed by atoms with Crippen LogP contribution in [0.15, 0.2) is 104 Å². The first kappa shape index (κ1) is 25.4. The van der Waals surface area contributed by atoms with Crippen molar-refractivity contribution in [3.63, 3.8) is 0 Å². The molecule has 1 aliphatic heterocycles. The van der Waals surface area contributed by atoms with Gasteiger partial charge >= 0.3 is 6.03 Å². The Kier molecular flexibility index (Phi) is 7.45. The minimum atomic E-state index is -0.346. The van der Waals surface area contributed by atoms with Crippen LogP contribution in [0.5, 0.6) is 5.75 Å². The monoisotopic (exact) mass is 516 g/mol. The zero-order chi connectivity index (χ0) is 27.2. The molecule has 2 heterocycles. The lowest BCUT2D eigenvalue weighted by molar-refractivity contribution is 0.262. The van der Waals surface area contributed by atoms with E-state index in [0.717, 1.165) is 33.4 Å². The van der Waals surface area contributed by atoms with Crippen LogP contribution in [0, 0.1) is 6.92 Å². The molecule has 0 radical (unpaired) electrons. The number of fused-ring (bicyclic) bond motifs is 1. The maximum Gasteiger partial charge on any atom is 0.323 e. The number of carbonyl (C=O) groups excluding carboxylic acids is 1. The number of urea groups is 1. The Morgan fingerprint density at radius 1 is 0.923 bits per heavy atom. The number of aromatic nitrogens is 4. The summed E-state index contributed by atoms with van der Waals surface area (Å²) in [5, 5.41) is 20.5. The number of anilines is 2. The molecule has 0 aliphatic carbocycles. The molecule has 6 rings (SSSR count). The summed E-state index contributed by atoms with van der Waals surface area (Å²) in [4.78, 5) is 13.0. The van der Waals surface area contributed by atoms with Gasteiger partial charge in [0.1, 0.15) is 5.75 Å². The quantitative estimate of drug-likeness (QED) is 0.223. The number of amides is 2. The van der Waals surface area contributed by atoms with Gasteiger partial charge in [-0.2, -0.15) is 5.21 Å². The Morgan fingerprint density at radius 3 is 2.36 bits per heavy atom. The maximum absolute atomic E-state index is 13.0. The molecule has 0 spiro atoms. The van der Waals surface area contributed by atoms with Gasteiger partial charge in [0, 0.05) is 22.7 Å². The summed E-state index contributed by atoms with van der Waals surface area (Å²) in [5.74, 6) is 1.21. The molecule has 1 aliphatic rings. The Labute approximate surface area is 226 Å². The molecule has 5 aromatic rings. The third kappa shape index (κ3) is 5.40. The number of carbonyl (C=O) groups is 1. The second kappa shape index (κ2) is 11.4. The van der Waals surface area contributed by atoms with E-state index in [2.05, 4.69) is 62.6 Å². The van der Waals surface area contributed by atoms with Gasteiger partial charge in [-0.1, -0.05) is 72.3 Å². The largest absolute Gasteiger partial charge is 0.490 e. The van der Waals surface area contributed by atoms with E-state index in [0.29, 0.717) is 29.6 Å². The fourth-order valence-electron chi connectivity index (χ4n) is 4.66. The minimum Gasteiger partial charge on any atom is -0.490 e. The van der Waals surface area contributed by atoms with Crippen molar-refractivity contribution in [2.75, 3.05) is 17.2 Å². The summed E-state index contributed by atoms with van der Waals surface area (Å²) in [6.45, 7) is 8.50. The number of aromatic amines is 1. The summed E-state index contributed by atoms with van der Waals surface area (Å²) in [6, 6.07) is 29.5. The van der Waals surface area contributed by atoms with Gasteiger partial charge in [-0.25, -0.2) is 4.79 Å². The van der Waals surface area contributed by atoms with Crippen molar-refractivity contribution in [3.05, 3.63) is 121 Å². The molecule has 39 heavy (non-hydrogen) atoms. The van der Waals surface area contributed by atoms with E-state index in [1.54, 1.807) is 0 Å². The summed E-state index contributed by atoms with van der Waals surface area (Å²) in [5.41, 5.74) is 7.26. The van der Waals surface area contributed by atoms with E-state index in [9.17, 15) is 4.79 Å². The van der Waals surface area contributed by atoms with Crippen molar-refractivity contribution in [1.82, 2.24) is 20.6 Å². The number of nitrogens with one attached hydrogen (secondary N) is 3. The molecular formula is C31H28N6O2. The van der Waals surface area contributed by atoms with Gasteiger partial charge in [0.05, 0.1) is 12.3 Å². The number of rotatable bonds is 5. The van der Waals surface area contributed by atoms with Crippen molar-refractivity contribution in [3.8, 4) is 28.3 Å². The highest BCUT2D eigenvalue weighted by atomic mass is 16.5. The first-order valence-electron chi connectivity index (χ1n) is 12.5. The number of hydrogen-bond donors (Lipinski definition) is 3. The van der Waals surface area contributed by atoms with Crippen LogP contribution in [0.1, 0.15) is 22.6 Å². The molecule has 0 fully saturated rings. The lowest BCUT2D eigenvalue weighted by Gasteiger charge is -2.16. The van der Waals surface area contributed by atoms with Gasteiger partial charge in [0.2, 0.25) is 5.82 Å². The van der Waals surface area contributed by atoms with Gasteiger partial charge in [0.25, 0.3) is 0 Å². The highest BCUT2D eigenvalue weighted by molar-refractivity contribution is 6.01. The molecule has 0 saturated heterocycles. The van der Waals surface area contributed by atoms with E-state index in [-0.39, 0.29) is 11.9 Å². The number of benzene rings is 4. The average Bonchev–Trinajstić information content (AvgIpc) is 3.67. The summed E-state index contributed by atoms with van der Waals surface area (Å²) in [7, 11) is 0. The highest BCUT2D eigenvalue weighted by Crippen LogP contribution is 2.46. The van der Waals surface area contributed by atoms with Crippen molar-refractivity contribution in [1.29, 1.82) is 0 Å². The third-order valence-corrected chi connectivity index (χ3v) is 6.47. The van der Waals surface area contributed by atoms with Crippen LogP contribution in [0.2, 0.25) is 0 Å². The fraction of sp³-hybridized carbons (Fsp3) is 0.0968. The molecule has 1 unspecified atom stereocenters. The number of H-pyrrole nitrogens is 1. The number of hydrogen-bond acceptors (Lipinski definition) is 5. The molecule has 1 aromatic heterocycles. The van der Waals surface area contributed by atoms with Crippen LogP contribution < -0.4 is 15.4 Å². The van der Waals surface area contributed by atoms with Crippen molar-refractivity contribution in [2.45, 2.75) is 12.8 Å². The van der Waals surface area contributed by atoms with E-state index in [4.69, 9.17) is 4.74 Å². The first-order chi connectivity index (χ1) is 19.2. The fourth-order valence-corrected chi connectivity index (χ4v) is 4.66. The molecule has 194 valence electrons. The number of tetrazole rings is 1. The van der Waals surface area contributed by atoms with Gasteiger partial charge < -0.3 is 15.4 Å². The van der Waals surface area contributed by atoms with E-state index in [1.165, 1.54) is 0 Å². The van der Waals surface area contributed by atoms with Crippen molar-refractivity contribution >= 4 is 17.4 Å². The lowest BCUT2D eigenvalue weighted by atomic mass is 9.89. The molecule has 0 bridgehead atoms. The molecule has 0 saturated carbocycles. The van der Waals surface area contributed by atoms with Crippen LogP contribution in [-0.2, 0) is 0 Å². The molecule has 3 N–H and O–H groups in total. The Balaban J connectivity index is 0.00000151. The topological polar surface area (TPSA) is 105 Å². The summed E-state index contributed by atoms with van der Waals surface area (Å²) >= 11 is 0. The summed E-state index contributed by atoms with van der Waals surface area (Å²) in [6.07, 6.45) is 0. The normalized spacial score (nSPS) is 13.4. The predicted octanol–water partition coefficient (Wildman–Crippen LogP) is 6.81. The van der Waals surface area contributed by atoms with Crippen molar-refractivity contribution in [2.24, 2.45) is 0 Å². The second-order valence-corrected chi connectivity index (χ2v) is 8.94. The zero-order valence-corrected chi connectivity index (χ0v) is 21.5. The SMILES string of the molecule is C=C.Cc1ccc(NC(=O)Nc2cc(-c3ccccc3-c3nn[nH]n3)cc3c2OCC3c2ccccc2)cc1. The van der Waals surface area contributed by atoms with Crippen LogP contribution in [-0.4, -0.2) is 33.3 Å². The Hall–Kier alpha value is -5.24. The first-order valence-corrected chi connectivity index (χ1v) is 12.5.